The number of rotatable bonds is 5. The van der Waals surface area contributed by atoms with Crippen LogP contribution in [0.2, 0.25) is 0 Å². The first kappa shape index (κ1) is 12.0. The third-order valence-electron chi connectivity index (χ3n) is 2.84. The van der Waals surface area contributed by atoms with Crippen molar-refractivity contribution in [3.8, 4) is 0 Å². The smallest absolute Gasteiger partial charge is 0.145 e. The quantitative estimate of drug-likeness (QED) is 0.875. The van der Waals surface area contributed by atoms with Crippen LogP contribution in [0.1, 0.15) is 12.8 Å². The van der Waals surface area contributed by atoms with Gasteiger partial charge >= 0.3 is 0 Å². The molecule has 4 nitrogen and oxygen atoms in total. The molecule has 2 N–H and O–H groups in total. The lowest BCUT2D eigenvalue weighted by atomic mass is 10.4. The number of aromatic nitrogens is 2. The van der Waals surface area contributed by atoms with Gasteiger partial charge in [0, 0.05) is 18.3 Å². The van der Waals surface area contributed by atoms with Crippen molar-refractivity contribution in [3.63, 3.8) is 0 Å². The number of nitrogens with one attached hydrogen (secondary N) is 2. The molecular formula is C10H15BrN4S. The highest BCUT2D eigenvalue weighted by atomic mass is 79.9. The van der Waals surface area contributed by atoms with Gasteiger partial charge in [0.25, 0.3) is 0 Å². The molecule has 0 bridgehead atoms. The van der Waals surface area contributed by atoms with Crippen molar-refractivity contribution in [2.24, 2.45) is 0 Å². The highest BCUT2D eigenvalue weighted by Gasteiger charge is 2.41. The minimum absolute atomic E-state index is 0.435. The zero-order valence-corrected chi connectivity index (χ0v) is 11.8. The van der Waals surface area contributed by atoms with Crippen LogP contribution < -0.4 is 10.6 Å². The van der Waals surface area contributed by atoms with Crippen molar-refractivity contribution in [1.82, 2.24) is 9.97 Å². The highest BCUT2D eigenvalue weighted by molar-refractivity contribution is 9.10. The van der Waals surface area contributed by atoms with Gasteiger partial charge in [0.15, 0.2) is 0 Å². The highest BCUT2D eigenvalue weighted by Crippen LogP contribution is 2.47. The third kappa shape index (κ3) is 2.43. The minimum Gasteiger partial charge on any atom is -0.372 e. The molecule has 2 rings (SSSR count). The Balaban J connectivity index is 2.04. The van der Waals surface area contributed by atoms with E-state index in [9.17, 15) is 0 Å². The van der Waals surface area contributed by atoms with Crippen LogP contribution >= 0.6 is 27.7 Å². The molecule has 0 amide bonds. The number of thioether (sulfide) groups is 1. The summed E-state index contributed by atoms with van der Waals surface area (Å²) in [6.07, 6.45) is 6.33. The molecule has 0 aliphatic heterocycles. The van der Waals surface area contributed by atoms with E-state index in [4.69, 9.17) is 0 Å². The van der Waals surface area contributed by atoms with Gasteiger partial charge in [0.2, 0.25) is 0 Å². The molecule has 0 saturated heterocycles. The summed E-state index contributed by atoms with van der Waals surface area (Å²) < 4.78 is 1.33. The van der Waals surface area contributed by atoms with Gasteiger partial charge in [-0.15, -0.1) is 0 Å². The van der Waals surface area contributed by atoms with Crippen molar-refractivity contribution >= 4 is 39.3 Å². The van der Waals surface area contributed by atoms with Gasteiger partial charge in [-0.1, -0.05) is 0 Å². The SMILES string of the molecule is CNc1ncnc(NCC2(SC)CC2)c1Br. The predicted molar refractivity (Wildman–Crippen MR) is 73.2 cm³/mol. The Morgan fingerprint density at radius 1 is 1.44 bits per heavy atom. The lowest BCUT2D eigenvalue weighted by Gasteiger charge is -2.15. The van der Waals surface area contributed by atoms with E-state index in [1.165, 1.54) is 12.8 Å². The van der Waals surface area contributed by atoms with Crippen LogP contribution in [0.3, 0.4) is 0 Å². The summed E-state index contributed by atoms with van der Waals surface area (Å²) >= 11 is 5.43. The normalized spacial score (nSPS) is 16.9. The summed E-state index contributed by atoms with van der Waals surface area (Å²) in [6.45, 7) is 0.965. The van der Waals surface area contributed by atoms with Gasteiger partial charge in [-0.3, -0.25) is 0 Å². The number of halogens is 1. The van der Waals surface area contributed by atoms with Crippen LogP contribution in [-0.2, 0) is 0 Å². The lowest BCUT2D eigenvalue weighted by Crippen LogP contribution is -2.18. The zero-order valence-electron chi connectivity index (χ0n) is 9.38. The molecule has 1 aromatic heterocycles. The molecule has 1 aliphatic rings. The number of hydrogen-bond donors (Lipinski definition) is 2. The average Bonchev–Trinajstić information content (AvgIpc) is 3.08. The van der Waals surface area contributed by atoms with Crippen molar-refractivity contribution in [2.45, 2.75) is 17.6 Å². The van der Waals surface area contributed by atoms with Crippen LogP contribution in [0.15, 0.2) is 10.8 Å². The maximum absolute atomic E-state index is 4.23. The maximum atomic E-state index is 4.23. The molecule has 6 heteroatoms. The molecular weight excluding hydrogens is 288 g/mol. The predicted octanol–water partition coefficient (Wildman–Crippen LogP) is 2.59. The van der Waals surface area contributed by atoms with Crippen molar-refractivity contribution in [2.75, 3.05) is 30.5 Å². The van der Waals surface area contributed by atoms with E-state index in [0.717, 1.165) is 22.7 Å². The molecule has 16 heavy (non-hydrogen) atoms. The summed E-state index contributed by atoms with van der Waals surface area (Å²) in [4.78, 5) is 8.36. The molecule has 1 aliphatic carbocycles. The molecule has 1 aromatic rings. The molecule has 0 radical (unpaired) electrons. The minimum atomic E-state index is 0.435. The van der Waals surface area contributed by atoms with Gasteiger partial charge < -0.3 is 10.6 Å². The summed E-state index contributed by atoms with van der Waals surface area (Å²) in [5.74, 6) is 1.67. The number of nitrogens with zero attached hydrogens (tertiary/aromatic N) is 2. The van der Waals surface area contributed by atoms with E-state index in [0.29, 0.717) is 4.75 Å². The van der Waals surface area contributed by atoms with Crippen molar-refractivity contribution < 1.29 is 0 Å². The monoisotopic (exact) mass is 302 g/mol. The second-order valence-electron chi connectivity index (χ2n) is 3.88. The Morgan fingerprint density at radius 2 is 2.12 bits per heavy atom. The van der Waals surface area contributed by atoms with Crippen LogP contribution in [0, 0.1) is 0 Å². The molecule has 0 atom stereocenters. The standard InChI is InChI=1S/C10H15BrN4S/c1-12-8-7(11)9(15-6-14-8)13-5-10(16-2)3-4-10/h6H,3-5H2,1-2H3,(H2,12,13,14,15). The third-order valence-corrected chi connectivity index (χ3v) is 5.01. The fourth-order valence-corrected chi connectivity index (χ4v) is 2.77. The molecule has 1 fully saturated rings. The van der Waals surface area contributed by atoms with Gasteiger partial charge in [-0.2, -0.15) is 11.8 Å². The summed E-state index contributed by atoms with van der Waals surface area (Å²) in [7, 11) is 1.85. The van der Waals surface area contributed by atoms with E-state index in [-0.39, 0.29) is 0 Å². The van der Waals surface area contributed by atoms with Crippen molar-refractivity contribution in [3.05, 3.63) is 10.8 Å². The van der Waals surface area contributed by atoms with Crippen molar-refractivity contribution in [1.29, 1.82) is 0 Å². The molecule has 0 aromatic carbocycles. The Morgan fingerprint density at radius 3 is 2.69 bits per heavy atom. The number of anilines is 2. The van der Waals surface area contributed by atoms with Gasteiger partial charge in [-0.05, 0) is 35.0 Å². The zero-order chi connectivity index (χ0) is 11.6. The van der Waals surface area contributed by atoms with Crippen LogP contribution in [-0.4, -0.2) is 34.6 Å². The van der Waals surface area contributed by atoms with Crippen LogP contribution in [0.4, 0.5) is 11.6 Å². The topological polar surface area (TPSA) is 49.8 Å². The Kier molecular flexibility index (Phi) is 3.59. The van der Waals surface area contributed by atoms with E-state index < -0.39 is 0 Å². The lowest BCUT2D eigenvalue weighted by molar-refractivity contribution is 0.935. The van der Waals surface area contributed by atoms with Gasteiger partial charge in [0.1, 0.15) is 22.4 Å². The van der Waals surface area contributed by atoms with Crippen LogP contribution in [0.25, 0.3) is 0 Å². The first-order valence-electron chi connectivity index (χ1n) is 5.18. The largest absolute Gasteiger partial charge is 0.372 e. The van der Waals surface area contributed by atoms with E-state index in [1.807, 2.05) is 18.8 Å². The Hall–Kier alpha value is -0.490. The first-order chi connectivity index (χ1) is 7.71. The molecule has 1 heterocycles. The first-order valence-corrected chi connectivity index (χ1v) is 7.20. The summed E-state index contributed by atoms with van der Waals surface area (Å²) in [5.41, 5.74) is 0. The fraction of sp³-hybridized carbons (Fsp3) is 0.600. The van der Waals surface area contributed by atoms with Gasteiger partial charge in [-0.25, -0.2) is 9.97 Å². The van der Waals surface area contributed by atoms with Gasteiger partial charge in [0.05, 0.1) is 0 Å². The summed E-state index contributed by atoms with van der Waals surface area (Å²) in [6, 6.07) is 0. The summed E-state index contributed by atoms with van der Waals surface area (Å²) in [5, 5.41) is 6.40. The average molecular weight is 303 g/mol. The maximum Gasteiger partial charge on any atom is 0.145 e. The molecule has 88 valence electrons. The molecule has 0 unspecified atom stereocenters. The van der Waals surface area contributed by atoms with E-state index >= 15 is 0 Å². The fourth-order valence-electron chi connectivity index (χ4n) is 1.50. The second-order valence-corrected chi connectivity index (χ2v) is 5.94. The second kappa shape index (κ2) is 4.79. The number of hydrogen-bond acceptors (Lipinski definition) is 5. The van der Waals surface area contributed by atoms with E-state index in [1.54, 1.807) is 6.33 Å². The molecule has 1 saturated carbocycles. The Labute approximate surface area is 108 Å². The van der Waals surface area contributed by atoms with E-state index in [2.05, 4.69) is 42.8 Å². The Bertz CT molecular complexity index is 381. The van der Waals surface area contributed by atoms with Crippen LogP contribution in [0.5, 0.6) is 0 Å². The molecule has 0 spiro atoms.